The molecule has 2 aromatic carbocycles. The molecule has 140 valence electrons. The highest BCUT2D eigenvalue weighted by Gasteiger charge is 2.19. The van der Waals surface area contributed by atoms with Gasteiger partial charge in [0.05, 0.1) is 10.8 Å². The van der Waals surface area contributed by atoms with E-state index in [4.69, 9.17) is 0 Å². The number of carbonyl (C=O) groups excluding carboxylic acids is 1. The number of thioether (sulfide) groups is 1. The number of aromatic nitrogens is 2. The van der Waals surface area contributed by atoms with Gasteiger partial charge in [-0.3, -0.25) is 4.79 Å². The number of hydrogen-bond acceptors (Lipinski definition) is 5. The first-order valence-electron chi connectivity index (χ1n) is 9.00. The number of benzene rings is 2. The molecule has 0 unspecified atom stereocenters. The number of rotatable bonds is 6. The van der Waals surface area contributed by atoms with Gasteiger partial charge in [-0.15, -0.1) is 0 Å². The molecule has 3 rings (SSSR count). The molecule has 0 bridgehead atoms. The van der Waals surface area contributed by atoms with Crippen LogP contribution in [0.4, 0.5) is 11.5 Å². The fourth-order valence-electron chi connectivity index (χ4n) is 2.86. The molecule has 0 aliphatic rings. The standard InChI is InChI=1S/C21H24N4OS/c1-13(2)15-9-5-7-11-17(15)23-20(26)14(3)27-21-24-18-12-8-6-10-16(18)19(22-4)25-21/h5-14H,1-4H3,(H,23,26)(H,22,24,25)/t14-/m1/s1. The first kappa shape index (κ1) is 19.2. The lowest BCUT2D eigenvalue weighted by Crippen LogP contribution is -2.23. The van der Waals surface area contributed by atoms with Crippen LogP contribution in [0.5, 0.6) is 0 Å². The van der Waals surface area contributed by atoms with Gasteiger partial charge in [-0.05, 0) is 36.6 Å². The van der Waals surface area contributed by atoms with Crippen LogP contribution in [-0.4, -0.2) is 28.2 Å². The average Bonchev–Trinajstić information content (AvgIpc) is 2.67. The molecule has 3 aromatic rings. The van der Waals surface area contributed by atoms with E-state index in [9.17, 15) is 4.79 Å². The van der Waals surface area contributed by atoms with E-state index in [1.54, 1.807) is 0 Å². The molecular formula is C21H24N4OS. The molecule has 1 aromatic heterocycles. The zero-order chi connectivity index (χ0) is 19.4. The molecule has 5 nitrogen and oxygen atoms in total. The number of para-hydroxylation sites is 2. The van der Waals surface area contributed by atoms with Crippen LogP contribution in [-0.2, 0) is 4.79 Å². The van der Waals surface area contributed by atoms with E-state index in [-0.39, 0.29) is 11.2 Å². The zero-order valence-electron chi connectivity index (χ0n) is 16.0. The lowest BCUT2D eigenvalue weighted by molar-refractivity contribution is -0.115. The van der Waals surface area contributed by atoms with Gasteiger partial charge in [-0.25, -0.2) is 9.97 Å². The first-order chi connectivity index (χ1) is 13.0. The van der Waals surface area contributed by atoms with E-state index in [1.807, 2.05) is 62.5 Å². The number of fused-ring (bicyclic) bond motifs is 1. The van der Waals surface area contributed by atoms with E-state index in [1.165, 1.54) is 11.8 Å². The fraction of sp³-hybridized carbons (Fsp3) is 0.286. The van der Waals surface area contributed by atoms with Gasteiger partial charge < -0.3 is 10.6 Å². The van der Waals surface area contributed by atoms with Crippen LogP contribution in [0.25, 0.3) is 10.9 Å². The van der Waals surface area contributed by atoms with Crippen LogP contribution >= 0.6 is 11.8 Å². The SMILES string of the molecule is CNc1nc(S[C@H](C)C(=O)Nc2ccccc2C(C)C)nc2ccccc12. The van der Waals surface area contributed by atoms with Gasteiger partial charge in [0.25, 0.3) is 0 Å². The Bertz CT molecular complexity index is 958. The molecule has 0 aliphatic carbocycles. The second-order valence-electron chi connectivity index (χ2n) is 6.61. The Morgan fingerprint density at radius 1 is 1.00 bits per heavy atom. The second-order valence-corrected chi connectivity index (χ2v) is 7.92. The Hall–Kier alpha value is -2.60. The predicted molar refractivity (Wildman–Crippen MR) is 114 cm³/mol. The van der Waals surface area contributed by atoms with Crippen LogP contribution < -0.4 is 10.6 Å². The highest BCUT2D eigenvalue weighted by Crippen LogP contribution is 2.28. The summed E-state index contributed by atoms with van der Waals surface area (Å²) in [6.45, 7) is 6.10. The summed E-state index contributed by atoms with van der Waals surface area (Å²) < 4.78 is 0. The van der Waals surface area contributed by atoms with Gasteiger partial charge in [0.2, 0.25) is 5.91 Å². The summed E-state index contributed by atoms with van der Waals surface area (Å²) >= 11 is 1.36. The van der Waals surface area contributed by atoms with Gasteiger partial charge in [-0.1, -0.05) is 55.9 Å². The largest absolute Gasteiger partial charge is 0.372 e. The monoisotopic (exact) mass is 380 g/mol. The van der Waals surface area contributed by atoms with Gasteiger partial charge in [-0.2, -0.15) is 0 Å². The van der Waals surface area contributed by atoms with Gasteiger partial charge in [0.1, 0.15) is 5.82 Å². The lowest BCUT2D eigenvalue weighted by atomic mass is 10.0. The van der Waals surface area contributed by atoms with Gasteiger partial charge in [0.15, 0.2) is 5.16 Å². The highest BCUT2D eigenvalue weighted by atomic mass is 32.2. The van der Waals surface area contributed by atoms with E-state index in [0.717, 1.165) is 28.0 Å². The van der Waals surface area contributed by atoms with E-state index in [2.05, 4.69) is 34.4 Å². The summed E-state index contributed by atoms with van der Waals surface area (Å²) in [7, 11) is 1.84. The molecule has 2 N–H and O–H groups in total. The Balaban J connectivity index is 1.78. The number of anilines is 2. The fourth-order valence-corrected chi connectivity index (χ4v) is 3.64. The highest BCUT2D eigenvalue weighted by molar-refractivity contribution is 8.00. The maximum Gasteiger partial charge on any atom is 0.237 e. The molecule has 0 aliphatic heterocycles. The molecule has 1 atom stereocenters. The smallest absolute Gasteiger partial charge is 0.237 e. The van der Waals surface area contributed by atoms with Crippen LogP contribution in [0, 0.1) is 0 Å². The topological polar surface area (TPSA) is 66.9 Å². The van der Waals surface area contributed by atoms with Crippen molar-refractivity contribution in [2.75, 3.05) is 17.7 Å². The maximum absolute atomic E-state index is 12.7. The Kier molecular flexibility index (Phi) is 5.96. The summed E-state index contributed by atoms with van der Waals surface area (Å²) in [5.41, 5.74) is 2.85. The number of amides is 1. The Labute approximate surface area is 164 Å². The molecular weight excluding hydrogens is 356 g/mol. The number of nitrogens with zero attached hydrogens (tertiary/aromatic N) is 2. The van der Waals surface area contributed by atoms with Gasteiger partial charge in [0, 0.05) is 18.1 Å². The van der Waals surface area contributed by atoms with Crippen molar-refractivity contribution in [3.8, 4) is 0 Å². The van der Waals surface area contributed by atoms with Crippen molar-refractivity contribution in [1.29, 1.82) is 0 Å². The normalized spacial score (nSPS) is 12.2. The minimum atomic E-state index is -0.323. The zero-order valence-corrected chi connectivity index (χ0v) is 16.8. The van der Waals surface area contributed by atoms with Crippen molar-refractivity contribution in [3.63, 3.8) is 0 Å². The molecule has 0 radical (unpaired) electrons. The van der Waals surface area contributed by atoms with Crippen LogP contribution in [0.3, 0.4) is 0 Å². The molecule has 0 saturated heterocycles. The summed E-state index contributed by atoms with van der Waals surface area (Å²) in [5, 5.41) is 7.38. The minimum absolute atomic E-state index is 0.0594. The Morgan fingerprint density at radius 3 is 2.44 bits per heavy atom. The molecule has 0 spiro atoms. The van der Waals surface area contributed by atoms with Crippen molar-refractivity contribution in [3.05, 3.63) is 54.1 Å². The summed E-state index contributed by atoms with van der Waals surface area (Å²) in [6.07, 6.45) is 0. The van der Waals surface area contributed by atoms with E-state index < -0.39 is 0 Å². The minimum Gasteiger partial charge on any atom is -0.372 e. The van der Waals surface area contributed by atoms with Crippen LogP contribution in [0.1, 0.15) is 32.3 Å². The molecule has 27 heavy (non-hydrogen) atoms. The van der Waals surface area contributed by atoms with Crippen molar-refractivity contribution in [1.82, 2.24) is 9.97 Å². The van der Waals surface area contributed by atoms with Crippen molar-refractivity contribution >= 4 is 40.1 Å². The number of hydrogen-bond donors (Lipinski definition) is 2. The summed E-state index contributed by atoms with van der Waals surface area (Å²) in [6, 6.07) is 15.8. The molecule has 0 saturated carbocycles. The third kappa shape index (κ3) is 4.39. The van der Waals surface area contributed by atoms with Crippen molar-refractivity contribution in [2.45, 2.75) is 37.1 Å². The maximum atomic E-state index is 12.7. The van der Waals surface area contributed by atoms with Gasteiger partial charge >= 0.3 is 0 Å². The number of nitrogens with one attached hydrogen (secondary N) is 2. The van der Waals surface area contributed by atoms with E-state index in [0.29, 0.717) is 11.1 Å². The van der Waals surface area contributed by atoms with E-state index >= 15 is 0 Å². The number of carbonyl (C=O) groups is 1. The molecule has 1 amide bonds. The quantitative estimate of drug-likeness (QED) is 0.470. The summed E-state index contributed by atoms with van der Waals surface area (Å²) in [5.74, 6) is 1.04. The molecule has 6 heteroatoms. The second kappa shape index (κ2) is 8.39. The van der Waals surface area contributed by atoms with Crippen LogP contribution in [0.15, 0.2) is 53.7 Å². The van der Waals surface area contributed by atoms with Crippen LogP contribution in [0.2, 0.25) is 0 Å². The lowest BCUT2D eigenvalue weighted by Gasteiger charge is -2.16. The molecule has 0 fully saturated rings. The third-order valence-electron chi connectivity index (χ3n) is 4.31. The van der Waals surface area contributed by atoms with Crippen molar-refractivity contribution in [2.24, 2.45) is 0 Å². The summed E-state index contributed by atoms with van der Waals surface area (Å²) in [4.78, 5) is 21.9. The Morgan fingerprint density at radius 2 is 1.70 bits per heavy atom. The average molecular weight is 381 g/mol. The first-order valence-corrected chi connectivity index (χ1v) is 9.88. The van der Waals surface area contributed by atoms with Crippen molar-refractivity contribution < 1.29 is 4.79 Å². The predicted octanol–water partition coefficient (Wildman–Crippen LogP) is 4.91. The third-order valence-corrected chi connectivity index (χ3v) is 5.27. The molecule has 1 heterocycles.